The second kappa shape index (κ2) is 10.8. The quantitative estimate of drug-likeness (QED) is 0.568. The van der Waals surface area contributed by atoms with Crippen LogP contribution in [0.15, 0.2) is 60.9 Å². The number of nitrogens with zero attached hydrogens (tertiary/aromatic N) is 3. The van der Waals surface area contributed by atoms with Gasteiger partial charge in [0.1, 0.15) is 6.04 Å². The summed E-state index contributed by atoms with van der Waals surface area (Å²) in [5, 5.41) is 3.00. The minimum atomic E-state index is -0.197. The lowest BCUT2D eigenvalue weighted by Crippen LogP contribution is -2.43. The van der Waals surface area contributed by atoms with Crippen molar-refractivity contribution in [2.75, 3.05) is 32.7 Å². The molecule has 3 atom stereocenters. The maximum Gasteiger partial charge on any atom is 0.244 e. The number of amides is 2. The first kappa shape index (κ1) is 23.2. The minimum absolute atomic E-state index is 0.0692. The largest absolute Gasteiger partial charge is 0.353 e. The van der Waals surface area contributed by atoms with Gasteiger partial charge in [-0.1, -0.05) is 36.4 Å². The normalized spacial score (nSPS) is 22.7. The monoisotopic (exact) mass is 446 g/mol. The highest BCUT2D eigenvalue weighted by Gasteiger charge is 2.56. The van der Waals surface area contributed by atoms with E-state index in [1.54, 1.807) is 24.5 Å². The number of carbonyl (C=O) groups excluding carboxylic acids is 2. The van der Waals surface area contributed by atoms with Crippen molar-refractivity contribution >= 4 is 17.9 Å². The Balaban J connectivity index is 1.27. The predicted molar refractivity (Wildman–Crippen MR) is 130 cm³/mol. The summed E-state index contributed by atoms with van der Waals surface area (Å²) in [5.41, 5.74) is 2.00. The van der Waals surface area contributed by atoms with Gasteiger partial charge < -0.3 is 10.2 Å². The zero-order valence-electron chi connectivity index (χ0n) is 19.6. The van der Waals surface area contributed by atoms with Crippen LogP contribution in [0.4, 0.5) is 0 Å². The number of carbonyl (C=O) groups is 2. The molecule has 0 spiro atoms. The molecule has 0 radical (unpaired) electrons. The van der Waals surface area contributed by atoms with Gasteiger partial charge in [0.25, 0.3) is 0 Å². The second-order valence-corrected chi connectivity index (χ2v) is 8.97. The Morgan fingerprint density at radius 3 is 2.48 bits per heavy atom. The van der Waals surface area contributed by atoms with Crippen molar-refractivity contribution in [2.45, 2.75) is 26.3 Å². The van der Waals surface area contributed by atoms with Gasteiger partial charge in [-0.15, -0.1) is 0 Å². The highest BCUT2D eigenvalue weighted by atomic mass is 16.2. The Bertz CT molecular complexity index is 947. The van der Waals surface area contributed by atoms with Gasteiger partial charge in [0, 0.05) is 51.2 Å². The van der Waals surface area contributed by atoms with Crippen LogP contribution in [0.2, 0.25) is 0 Å². The molecule has 1 aliphatic heterocycles. The van der Waals surface area contributed by atoms with Crippen LogP contribution in [0.5, 0.6) is 0 Å². The van der Waals surface area contributed by atoms with Crippen LogP contribution in [-0.2, 0) is 9.59 Å². The van der Waals surface area contributed by atoms with Crippen LogP contribution in [0.3, 0.4) is 0 Å². The van der Waals surface area contributed by atoms with Crippen LogP contribution < -0.4 is 5.32 Å². The number of benzene rings is 1. The van der Waals surface area contributed by atoms with E-state index in [9.17, 15) is 9.59 Å². The molecule has 0 bridgehead atoms. The topological polar surface area (TPSA) is 65.5 Å². The Morgan fingerprint density at radius 2 is 1.85 bits per heavy atom. The van der Waals surface area contributed by atoms with Crippen molar-refractivity contribution in [2.24, 2.45) is 17.8 Å². The lowest BCUT2D eigenvalue weighted by molar-refractivity contribution is -0.136. The van der Waals surface area contributed by atoms with E-state index in [1.165, 1.54) is 0 Å². The minimum Gasteiger partial charge on any atom is -0.353 e. The SMILES string of the molecule is CCN(CC)C(=O)C(c1ccccc1)N1CC2C(CCNC(=O)/C=C/c3cccnc3)C2C1. The zero-order chi connectivity index (χ0) is 23.2. The van der Waals surface area contributed by atoms with Crippen molar-refractivity contribution in [3.8, 4) is 0 Å². The standard InChI is InChI=1S/C27H34N4O2/c1-3-30(4-2)27(33)26(21-10-6-5-7-11-21)31-18-23-22(24(23)19-31)14-16-29-25(32)13-12-20-9-8-15-28-17-20/h5-13,15,17,22-24,26H,3-4,14,16,18-19H2,1-2H3,(H,29,32)/b13-12+. The molecule has 2 aliphatic rings. The van der Waals surface area contributed by atoms with E-state index in [2.05, 4.69) is 27.3 Å². The average molecular weight is 447 g/mol. The summed E-state index contributed by atoms with van der Waals surface area (Å²) in [7, 11) is 0. The molecule has 1 aliphatic carbocycles. The molecule has 1 aromatic heterocycles. The van der Waals surface area contributed by atoms with Gasteiger partial charge in [-0.25, -0.2) is 0 Å². The number of piperidine rings is 1. The van der Waals surface area contributed by atoms with Crippen LogP contribution in [0.1, 0.15) is 37.4 Å². The summed E-state index contributed by atoms with van der Waals surface area (Å²) < 4.78 is 0. The van der Waals surface area contributed by atoms with E-state index in [0.29, 0.717) is 24.3 Å². The average Bonchev–Trinajstić information content (AvgIpc) is 3.29. The number of likely N-dealkylation sites (N-methyl/N-ethyl adjacent to an activating group) is 1. The van der Waals surface area contributed by atoms with Crippen molar-refractivity contribution in [1.82, 2.24) is 20.1 Å². The van der Waals surface area contributed by atoms with Crippen LogP contribution in [0.25, 0.3) is 6.08 Å². The zero-order valence-corrected chi connectivity index (χ0v) is 19.6. The third kappa shape index (κ3) is 5.50. The van der Waals surface area contributed by atoms with Gasteiger partial charge in [-0.3, -0.25) is 19.5 Å². The van der Waals surface area contributed by atoms with Crippen LogP contribution >= 0.6 is 0 Å². The second-order valence-electron chi connectivity index (χ2n) is 8.97. The molecule has 2 heterocycles. The summed E-state index contributed by atoms with van der Waals surface area (Å²) >= 11 is 0. The van der Waals surface area contributed by atoms with Gasteiger partial charge in [0.15, 0.2) is 0 Å². The molecular formula is C27H34N4O2. The number of pyridine rings is 1. The van der Waals surface area contributed by atoms with Crippen LogP contribution in [-0.4, -0.2) is 59.3 Å². The fourth-order valence-electron chi connectivity index (χ4n) is 5.24. The lowest BCUT2D eigenvalue weighted by atomic mass is 10.0. The van der Waals surface area contributed by atoms with E-state index >= 15 is 0 Å². The van der Waals surface area contributed by atoms with E-state index in [4.69, 9.17) is 0 Å². The summed E-state index contributed by atoms with van der Waals surface area (Å²) in [5.74, 6) is 2.04. The number of hydrogen-bond donors (Lipinski definition) is 1. The van der Waals surface area contributed by atoms with Gasteiger partial charge in [0.2, 0.25) is 11.8 Å². The highest BCUT2D eigenvalue weighted by molar-refractivity contribution is 5.91. The lowest BCUT2D eigenvalue weighted by Gasteiger charge is -2.33. The van der Waals surface area contributed by atoms with Crippen molar-refractivity contribution in [3.63, 3.8) is 0 Å². The first-order valence-electron chi connectivity index (χ1n) is 12.1. The number of nitrogens with one attached hydrogen (secondary N) is 1. The number of likely N-dealkylation sites (tertiary alicyclic amines) is 1. The predicted octanol–water partition coefficient (Wildman–Crippen LogP) is 3.39. The number of aromatic nitrogens is 1. The summed E-state index contributed by atoms with van der Waals surface area (Å²) in [6, 6.07) is 13.7. The van der Waals surface area contributed by atoms with Gasteiger partial charge in [-0.05, 0) is 61.3 Å². The molecule has 33 heavy (non-hydrogen) atoms. The Kier molecular flexibility index (Phi) is 7.55. The third-order valence-corrected chi connectivity index (χ3v) is 7.08. The Hall–Kier alpha value is -2.99. The third-order valence-electron chi connectivity index (χ3n) is 7.08. The van der Waals surface area contributed by atoms with Gasteiger partial charge in [-0.2, -0.15) is 0 Å². The molecule has 174 valence electrons. The van der Waals surface area contributed by atoms with Gasteiger partial charge >= 0.3 is 0 Å². The van der Waals surface area contributed by atoms with E-state index in [1.807, 2.05) is 49.1 Å². The first-order valence-corrected chi connectivity index (χ1v) is 12.1. The molecular weight excluding hydrogens is 412 g/mol. The van der Waals surface area contributed by atoms with E-state index in [0.717, 1.165) is 43.7 Å². The highest BCUT2D eigenvalue weighted by Crippen LogP contribution is 2.55. The molecule has 1 N–H and O–H groups in total. The van der Waals surface area contributed by atoms with Crippen LogP contribution in [0, 0.1) is 17.8 Å². The molecule has 2 aromatic rings. The number of rotatable bonds is 10. The summed E-state index contributed by atoms with van der Waals surface area (Å²) in [4.78, 5) is 33.8. The maximum absolute atomic E-state index is 13.3. The Morgan fingerprint density at radius 1 is 1.12 bits per heavy atom. The molecule has 4 rings (SSSR count). The molecule has 2 fully saturated rings. The summed E-state index contributed by atoms with van der Waals surface area (Å²) in [6.07, 6.45) is 7.79. The smallest absolute Gasteiger partial charge is 0.244 e. The fraction of sp³-hybridized carbons (Fsp3) is 0.444. The first-order chi connectivity index (χ1) is 16.1. The van der Waals surface area contributed by atoms with E-state index < -0.39 is 0 Å². The van der Waals surface area contributed by atoms with Gasteiger partial charge in [0.05, 0.1) is 0 Å². The molecule has 2 amide bonds. The van der Waals surface area contributed by atoms with E-state index in [-0.39, 0.29) is 17.9 Å². The van der Waals surface area contributed by atoms with Crippen molar-refractivity contribution < 1.29 is 9.59 Å². The molecule has 1 aromatic carbocycles. The molecule has 1 saturated heterocycles. The number of hydrogen-bond acceptors (Lipinski definition) is 4. The van der Waals surface area contributed by atoms with Crippen molar-refractivity contribution in [3.05, 3.63) is 72.1 Å². The molecule has 6 heteroatoms. The molecule has 1 saturated carbocycles. The maximum atomic E-state index is 13.3. The molecule has 6 nitrogen and oxygen atoms in total. The molecule has 3 unspecified atom stereocenters. The Labute approximate surface area is 196 Å². The fourth-order valence-corrected chi connectivity index (χ4v) is 5.24. The summed E-state index contributed by atoms with van der Waals surface area (Å²) in [6.45, 7) is 8.15. The number of fused-ring (bicyclic) bond motifs is 1. The van der Waals surface area contributed by atoms with Crippen molar-refractivity contribution in [1.29, 1.82) is 0 Å².